The molecule has 0 aliphatic rings. The lowest BCUT2D eigenvalue weighted by atomic mass is 10.3. The molecular formula is C11H15NO2S. The standard InChI is InChI=1S/C11H15NO2S/c1-3-15-7-6-14-11-5-4-9(2)12-10(11)8-13/h4-5,8H,3,6-7H2,1-2H3. The Morgan fingerprint density at radius 2 is 2.33 bits per heavy atom. The molecule has 15 heavy (non-hydrogen) atoms. The van der Waals surface area contributed by atoms with Crippen molar-refractivity contribution >= 4 is 18.0 Å². The Morgan fingerprint density at radius 3 is 3.00 bits per heavy atom. The quantitative estimate of drug-likeness (QED) is 0.550. The number of ether oxygens (including phenoxy) is 1. The van der Waals surface area contributed by atoms with E-state index in [2.05, 4.69) is 11.9 Å². The van der Waals surface area contributed by atoms with Crippen LogP contribution < -0.4 is 4.74 Å². The average Bonchev–Trinajstić information content (AvgIpc) is 2.26. The molecule has 0 aliphatic carbocycles. The zero-order chi connectivity index (χ0) is 11.1. The van der Waals surface area contributed by atoms with Gasteiger partial charge in [0.25, 0.3) is 0 Å². The molecule has 0 bridgehead atoms. The highest BCUT2D eigenvalue weighted by molar-refractivity contribution is 7.99. The van der Waals surface area contributed by atoms with Crippen LogP contribution in [0.15, 0.2) is 12.1 Å². The number of pyridine rings is 1. The van der Waals surface area contributed by atoms with Crippen molar-refractivity contribution in [3.8, 4) is 5.75 Å². The molecule has 1 heterocycles. The van der Waals surface area contributed by atoms with Gasteiger partial charge in [0.15, 0.2) is 6.29 Å². The van der Waals surface area contributed by atoms with E-state index in [1.165, 1.54) is 0 Å². The van der Waals surface area contributed by atoms with Crippen molar-refractivity contribution in [3.05, 3.63) is 23.5 Å². The van der Waals surface area contributed by atoms with Gasteiger partial charge in [0.1, 0.15) is 11.4 Å². The fourth-order valence-corrected chi connectivity index (χ4v) is 1.62. The summed E-state index contributed by atoms with van der Waals surface area (Å²) >= 11 is 1.81. The zero-order valence-electron chi connectivity index (χ0n) is 9.03. The van der Waals surface area contributed by atoms with E-state index in [4.69, 9.17) is 4.74 Å². The van der Waals surface area contributed by atoms with Crippen LogP contribution in [0.5, 0.6) is 5.75 Å². The van der Waals surface area contributed by atoms with Crippen molar-refractivity contribution in [2.45, 2.75) is 13.8 Å². The minimum absolute atomic E-state index is 0.386. The van der Waals surface area contributed by atoms with Gasteiger partial charge >= 0.3 is 0 Å². The van der Waals surface area contributed by atoms with Gasteiger partial charge in [0.05, 0.1) is 6.61 Å². The highest BCUT2D eigenvalue weighted by atomic mass is 32.2. The van der Waals surface area contributed by atoms with Crippen LogP contribution in [0.3, 0.4) is 0 Å². The van der Waals surface area contributed by atoms with Crippen LogP contribution in [0.2, 0.25) is 0 Å². The molecule has 82 valence electrons. The Labute approximate surface area is 94.2 Å². The number of rotatable bonds is 6. The minimum Gasteiger partial charge on any atom is -0.490 e. The van der Waals surface area contributed by atoms with Crippen LogP contribution in [0, 0.1) is 6.92 Å². The Morgan fingerprint density at radius 1 is 1.53 bits per heavy atom. The van der Waals surface area contributed by atoms with Gasteiger partial charge in [-0.1, -0.05) is 6.92 Å². The van der Waals surface area contributed by atoms with Crippen LogP contribution in [0.1, 0.15) is 23.1 Å². The van der Waals surface area contributed by atoms with E-state index < -0.39 is 0 Å². The van der Waals surface area contributed by atoms with Gasteiger partial charge in [0, 0.05) is 11.4 Å². The summed E-state index contributed by atoms with van der Waals surface area (Å²) in [6, 6.07) is 3.64. The molecule has 1 rings (SSSR count). The summed E-state index contributed by atoms with van der Waals surface area (Å²) in [6.07, 6.45) is 0.731. The maximum absolute atomic E-state index is 10.7. The molecule has 0 aromatic carbocycles. The normalized spacial score (nSPS) is 10.0. The smallest absolute Gasteiger partial charge is 0.172 e. The second-order valence-electron chi connectivity index (χ2n) is 3.00. The molecule has 0 aliphatic heterocycles. The van der Waals surface area contributed by atoms with Crippen LogP contribution in [0.4, 0.5) is 0 Å². The van der Waals surface area contributed by atoms with Gasteiger partial charge in [-0.3, -0.25) is 4.79 Å². The lowest BCUT2D eigenvalue weighted by Crippen LogP contribution is -2.04. The molecule has 1 aromatic heterocycles. The molecule has 0 N–H and O–H groups in total. The fraction of sp³-hybridized carbons (Fsp3) is 0.455. The third-order valence-corrected chi connectivity index (χ3v) is 2.69. The van der Waals surface area contributed by atoms with E-state index in [1.54, 1.807) is 6.07 Å². The van der Waals surface area contributed by atoms with Crippen molar-refractivity contribution in [1.29, 1.82) is 0 Å². The van der Waals surface area contributed by atoms with E-state index in [0.29, 0.717) is 18.1 Å². The first-order chi connectivity index (χ1) is 7.27. The van der Waals surface area contributed by atoms with Crippen LogP contribution in [0.25, 0.3) is 0 Å². The maximum atomic E-state index is 10.7. The average molecular weight is 225 g/mol. The predicted molar refractivity (Wildman–Crippen MR) is 62.9 cm³/mol. The minimum atomic E-state index is 0.386. The first-order valence-electron chi connectivity index (χ1n) is 4.91. The number of carbonyl (C=O) groups excluding carboxylic acids is 1. The molecular weight excluding hydrogens is 210 g/mol. The van der Waals surface area contributed by atoms with E-state index in [0.717, 1.165) is 23.5 Å². The molecule has 0 amide bonds. The summed E-state index contributed by atoms with van der Waals surface area (Å²) in [5, 5.41) is 0. The molecule has 4 heteroatoms. The number of aromatic nitrogens is 1. The van der Waals surface area contributed by atoms with E-state index in [-0.39, 0.29) is 0 Å². The number of nitrogens with zero attached hydrogens (tertiary/aromatic N) is 1. The number of hydrogen-bond donors (Lipinski definition) is 0. The number of carbonyl (C=O) groups is 1. The lowest BCUT2D eigenvalue weighted by Gasteiger charge is -2.07. The van der Waals surface area contributed by atoms with Crippen molar-refractivity contribution < 1.29 is 9.53 Å². The molecule has 0 saturated carbocycles. The number of aryl methyl sites for hydroxylation is 1. The highest BCUT2D eigenvalue weighted by Gasteiger charge is 2.04. The maximum Gasteiger partial charge on any atom is 0.172 e. The monoisotopic (exact) mass is 225 g/mol. The van der Waals surface area contributed by atoms with Crippen molar-refractivity contribution in [1.82, 2.24) is 4.98 Å². The van der Waals surface area contributed by atoms with Crippen molar-refractivity contribution in [2.75, 3.05) is 18.1 Å². The predicted octanol–water partition coefficient (Wildman–Crippen LogP) is 2.33. The highest BCUT2D eigenvalue weighted by Crippen LogP contribution is 2.15. The fourth-order valence-electron chi connectivity index (χ4n) is 1.13. The molecule has 0 unspecified atom stereocenters. The summed E-state index contributed by atoms with van der Waals surface area (Å²) in [5.74, 6) is 2.59. The van der Waals surface area contributed by atoms with E-state index in [1.807, 2.05) is 24.8 Å². The third kappa shape index (κ3) is 3.91. The van der Waals surface area contributed by atoms with E-state index >= 15 is 0 Å². The first-order valence-corrected chi connectivity index (χ1v) is 6.06. The molecule has 0 radical (unpaired) electrons. The van der Waals surface area contributed by atoms with E-state index in [9.17, 15) is 4.79 Å². The Kier molecular flexibility index (Phi) is 5.18. The molecule has 0 saturated heterocycles. The van der Waals surface area contributed by atoms with Gasteiger partial charge < -0.3 is 4.74 Å². The number of aldehydes is 1. The second kappa shape index (κ2) is 6.45. The van der Waals surface area contributed by atoms with Gasteiger partial charge in [-0.25, -0.2) is 4.98 Å². The summed E-state index contributed by atoms with van der Waals surface area (Å²) in [6.45, 7) is 4.57. The summed E-state index contributed by atoms with van der Waals surface area (Å²) in [4.78, 5) is 14.8. The van der Waals surface area contributed by atoms with Gasteiger partial charge in [-0.2, -0.15) is 11.8 Å². The zero-order valence-corrected chi connectivity index (χ0v) is 9.84. The van der Waals surface area contributed by atoms with Gasteiger partial charge in [0.2, 0.25) is 0 Å². The Balaban J connectivity index is 2.56. The second-order valence-corrected chi connectivity index (χ2v) is 4.39. The van der Waals surface area contributed by atoms with Gasteiger partial charge in [-0.15, -0.1) is 0 Å². The Bertz CT molecular complexity index is 328. The molecule has 0 atom stereocenters. The lowest BCUT2D eigenvalue weighted by molar-refractivity contribution is 0.111. The van der Waals surface area contributed by atoms with Crippen LogP contribution in [-0.4, -0.2) is 29.4 Å². The molecule has 0 spiro atoms. The number of thioether (sulfide) groups is 1. The molecule has 0 fully saturated rings. The third-order valence-electron chi connectivity index (χ3n) is 1.83. The summed E-state index contributed by atoms with van der Waals surface area (Å²) in [7, 11) is 0. The van der Waals surface area contributed by atoms with Gasteiger partial charge in [-0.05, 0) is 24.8 Å². The summed E-state index contributed by atoms with van der Waals surface area (Å²) in [5.41, 5.74) is 1.21. The van der Waals surface area contributed by atoms with Crippen LogP contribution in [-0.2, 0) is 0 Å². The first kappa shape index (κ1) is 12.0. The molecule has 1 aromatic rings. The summed E-state index contributed by atoms with van der Waals surface area (Å²) < 4.78 is 5.47. The van der Waals surface area contributed by atoms with Crippen LogP contribution >= 0.6 is 11.8 Å². The van der Waals surface area contributed by atoms with Crippen molar-refractivity contribution in [3.63, 3.8) is 0 Å². The SMILES string of the molecule is CCSCCOc1ccc(C)nc1C=O. The number of hydrogen-bond acceptors (Lipinski definition) is 4. The topological polar surface area (TPSA) is 39.2 Å². The Hall–Kier alpha value is -1.03. The molecule has 3 nitrogen and oxygen atoms in total. The van der Waals surface area contributed by atoms with Crippen molar-refractivity contribution in [2.24, 2.45) is 0 Å². The largest absolute Gasteiger partial charge is 0.490 e.